The second-order valence-electron chi connectivity index (χ2n) is 8.98. The van der Waals surface area contributed by atoms with E-state index < -0.39 is 12.0 Å². The number of thiazole rings is 1. The smallest absolute Gasteiger partial charge is 0.338 e. The molecule has 0 spiro atoms. The van der Waals surface area contributed by atoms with Gasteiger partial charge in [0.15, 0.2) is 4.80 Å². The van der Waals surface area contributed by atoms with Crippen LogP contribution in [0.25, 0.3) is 6.08 Å². The molecule has 0 bridgehead atoms. The third-order valence-corrected chi connectivity index (χ3v) is 8.08. The predicted octanol–water partition coefficient (Wildman–Crippen LogP) is 5.16. The standard InChI is InChI=1S/C29H26N2O3S2/c1-18(2)22-13-11-20(12-14-22)16-24-27(32)31-26(23-10-7-15-35-23)25(19(3)30-29(31)36-24)28(33)34-17-21-8-5-4-6-9-21/h4-16,18,26H,17H2,1-3H3/b24-16-/t26-/m0/s1. The Morgan fingerprint density at radius 2 is 1.83 bits per heavy atom. The van der Waals surface area contributed by atoms with E-state index in [2.05, 4.69) is 31.0 Å². The van der Waals surface area contributed by atoms with Crippen molar-refractivity contribution in [2.24, 2.45) is 4.99 Å². The fourth-order valence-electron chi connectivity index (χ4n) is 4.23. The lowest BCUT2D eigenvalue weighted by Gasteiger charge is -2.23. The minimum atomic E-state index is -0.574. The Labute approximate surface area is 217 Å². The molecule has 1 aliphatic rings. The second-order valence-corrected chi connectivity index (χ2v) is 11.0. The molecule has 5 rings (SSSR count). The number of fused-ring (bicyclic) bond motifs is 1. The lowest BCUT2D eigenvalue weighted by atomic mass is 10.0. The van der Waals surface area contributed by atoms with Crippen molar-refractivity contribution in [2.75, 3.05) is 0 Å². The van der Waals surface area contributed by atoms with Crippen LogP contribution in [0, 0.1) is 0 Å². The molecule has 2 aromatic heterocycles. The summed E-state index contributed by atoms with van der Waals surface area (Å²) in [5, 5.41) is 1.95. The zero-order chi connectivity index (χ0) is 25.2. The molecule has 36 heavy (non-hydrogen) atoms. The molecule has 182 valence electrons. The predicted molar refractivity (Wildman–Crippen MR) is 145 cm³/mol. The largest absolute Gasteiger partial charge is 0.457 e. The third kappa shape index (κ3) is 4.76. The summed E-state index contributed by atoms with van der Waals surface area (Å²) >= 11 is 2.85. The molecule has 0 fully saturated rings. The van der Waals surface area contributed by atoms with Gasteiger partial charge in [-0.3, -0.25) is 9.36 Å². The van der Waals surface area contributed by atoms with Crippen LogP contribution < -0.4 is 14.9 Å². The van der Waals surface area contributed by atoms with Crippen molar-refractivity contribution in [1.82, 2.24) is 4.57 Å². The van der Waals surface area contributed by atoms with E-state index in [9.17, 15) is 9.59 Å². The van der Waals surface area contributed by atoms with Crippen LogP contribution in [0.4, 0.5) is 0 Å². The van der Waals surface area contributed by atoms with E-state index in [1.807, 2.05) is 66.1 Å². The van der Waals surface area contributed by atoms with E-state index in [0.29, 0.717) is 26.5 Å². The number of esters is 1. The molecular formula is C29H26N2O3S2. The zero-order valence-corrected chi connectivity index (χ0v) is 21.9. The number of carbonyl (C=O) groups is 1. The molecule has 4 aromatic rings. The number of nitrogens with zero attached hydrogens (tertiary/aromatic N) is 2. The van der Waals surface area contributed by atoms with Gasteiger partial charge in [0.2, 0.25) is 0 Å². The maximum atomic E-state index is 13.7. The monoisotopic (exact) mass is 514 g/mol. The number of thiophene rings is 1. The van der Waals surface area contributed by atoms with Crippen LogP contribution in [0.5, 0.6) is 0 Å². The SMILES string of the molecule is CC1=C(C(=O)OCc2ccccc2)[C@H](c2cccs2)n2c(s/c(=C\c3ccc(C(C)C)cc3)c2=O)=N1. The molecule has 0 saturated heterocycles. The maximum Gasteiger partial charge on any atom is 0.338 e. The molecule has 0 unspecified atom stereocenters. The zero-order valence-electron chi connectivity index (χ0n) is 20.3. The summed E-state index contributed by atoms with van der Waals surface area (Å²) in [5.74, 6) is -0.0183. The highest BCUT2D eigenvalue weighted by atomic mass is 32.1. The molecule has 0 N–H and O–H groups in total. The van der Waals surface area contributed by atoms with Gasteiger partial charge in [0.1, 0.15) is 12.6 Å². The van der Waals surface area contributed by atoms with Gasteiger partial charge in [-0.15, -0.1) is 11.3 Å². The first-order chi connectivity index (χ1) is 17.4. The summed E-state index contributed by atoms with van der Waals surface area (Å²) in [6.07, 6.45) is 1.89. The van der Waals surface area contributed by atoms with Crippen molar-refractivity contribution in [3.05, 3.63) is 125 Å². The van der Waals surface area contributed by atoms with Gasteiger partial charge in [-0.1, -0.05) is 85.8 Å². The molecule has 0 aliphatic carbocycles. The van der Waals surface area contributed by atoms with Crippen LogP contribution in [0.15, 0.2) is 93.2 Å². The van der Waals surface area contributed by atoms with Crippen molar-refractivity contribution < 1.29 is 9.53 Å². The van der Waals surface area contributed by atoms with Crippen LogP contribution >= 0.6 is 22.7 Å². The lowest BCUT2D eigenvalue weighted by Crippen LogP contribution is -2.39. The number of carbonyl (C=O) groups excluding carboxylic acids is 1. The molecule has 5 nitrogen and oxygen atoms in total. The fourth-order valence-corrected chi connectivity index (χ4v) is 6.10. The highest BCUT2D eigenvalue weighted by Crippen LogP contribution is 2.33. The van der Waals surface area contributed by atoms with E-state index in [1.54, 1.807) is 11.5 Å². The average Bonchev–Trinajstić information content (AvgIpc) is 3.51. The van der Waals surface area contributed by atoms with Gasteiger partial charge < -0.3 is 4.74 Å². The molecule has 2 aromatic carbocycles. The number of ether oxygens (including phenoxy) is 1. The number of benzene rings is 2. The first-order valence-corrected chi connectivity index (χ1v) is 13.5. The topological polar surface area (TPSA) is 60.7 Å². The van der Waals surface area contributed by atoms with E-state index in [1.165, 1.54) is 28.2 Å². The minimum absolute atomic E-state index is 0.157. The van der Waals surface area contributed by atoms with E-state index in [0.717, 1.165) is 16.0 Å². The van der Waals surface area contributed by atoms with Crippen molar-refractivity contribution in [1.29, 1.82) is 0 Å². The van der Waals surface area contributed by atoms with Crippen LogP contribution in [-0.2, 0) is 16.1 Å². The summed E-state index contributed by atoms with van der Waals surface area (Å²) in [7, 11) is 0. The van der Waals surface area contributed by atoms with Crippen LogP contribution in [0.1, 0.15) is 54.3 Å². The Hall–Kier alpha value is -3.55. The lowest BCUT2D eigenvalue weighted by molar-refractivity contribution is -0.140. The fraction of sp³-hybridized carbons (Fsp3) is 0.207. The minimum Gasteiger partial charge on any atom is -0.457 e. The quantitative estimate of drug-likeness (QED) is 0.334. The highest BCUT2D eigenvalue weighted by molar-refractivity contribution is 7.10. The third-order valence-electron chi connectivity index (χ3n) is 6.17. The molecular weight excluding hydrogens is 488 g/mol. The molecule has 1 aliphatic heterocycles. The Morgan fingerprint density at radius 1 is 1.08 bits per heavy atom. The van der Waals surface area contributed by atoms with Crippen LogP contribution in [-0.4, -0.2) is 10.5 Å². The summed E-state index contributed by atoms with van der Waals surface area (Å²) in [5.41, 5.74) is 3.91. The van der Waals surface area contributed by atoms with Gasteiger partial charge in [-0.25, -0.2) is 9.79 Å². The van der Waals surface area contributed by atoms with Gasteiger partial charge in [-0.2, -0.15) is 0 Å². The summed E-state index contributed by atoms with van der Waals surface area (Å²) in [6, 6.07) is 21.1. The summed E-state index contributed by atoms with van der Waals surface area (Å²) in [4.78, 5) is 33.1. The second kappa shape index (κ2) is 10.2. The number of aromatic nitrogens is 1. The van der Waals surface area contributed by atoms with Gasteiger partial charge >= 0.3 is 5.97 Å². The molecule has 3 heterocycles. The number of rotatable bonds is 6. The van der Waals surface area contributed by atoms with Crippen molar-refractivity contribution in [3.8, 4) is 0 Å². The molecule has 0 radical (unpaired) electrons. The first kappa shape index (κ1) is 24.2. The summed E-state index contributed by atoms with van der Waals surface area (Å²) < 4.78 is 7.90. The van der Waals surface area contributed by atoms with Gasteiger partial charge in [-0.05, 0) is 47.1 Å². The van der Waals surface area contributed by atoms with Crippen LogP contribution in [0.2, 0.25) is 0 Å². The number of hydrogen-bond donors (Lipinski definition) is 0. The van der Waals surface area contributed by atoms with Crippen LogP contribution in [0.3, 0.4) is 0 Å². The average molecular weight is 515 g/mol. The Kier molecular flexibility index (Phi) is 6.85. The maximum absolute atomic E-state index is 13.7. The van der Waals surface area contributed by atoms with E-state index in [4.69, 9.17) is 4.74 Å². The molecule has 1 atom stereocenters. The van der Waals surface area contributed by atoms with E-state index in [-0.39, 0.29) is 12.2 Å². The van der Waals surface area contributed by atoms with Crippen molar-refractivity contribution in [3.63, 3.8) is 0 Å². The molecule has 0 saturated carbocycles. The molecule has 0 amide bonds. The Balaban J connectivity index is 1.55. The van der Waals surface area contributed by atoms with Gasteiger partial charge in [0, 0.05) is 4.88 Å². The molecule has 7 heteroatoms. The number of hydrogen-bond acceptors (Lipinski definition) is 6. The first-order valence-electron chi connectivity index (χ1n) is 11.8. The highest BCUT2D eigenvalue weighted by Gasteiger charge is 2.34. The van der Waals surface area contributed by atoms with Gasteiger partial charge in [0.05, 0.1) is 15.8 Å². The Bertz CT molecular complexity index is 1590. The normalized spacial score (nSPS) is 15.7. The van der Waals surface area contributed by atoms with Crippen molar-refractivity contribution >= 4 is 34.7 Å². The van der Waals surface area contributed by atoms with Crippen molar-refractivity contribution in [2.45, 2.75) is 39.3 Å². The summed E-state index contributed by atoms with van der Waals surface area (Å²) in [6.45, 7) is 6.27. The van der Waals surface area contributed by atoms with E-state index >= 15 is 0 Å². The number of allylic oxidation sites excluding steroid dienone is 1. The van der Waals surface area contributed by atoms with Gasteiger partial charge in [0.25, 0.3) is 5.56 Å². The Morgan fingerprint density at radius 3 is 2.50 bits per heavy atom.